The van der Waals surface area contributed by atoms with Crippen molar-refractivity contribution in [1.82, 2.24) is 15.0 Å². The first-order valence-corrected chi connectivity index (χ1v) is 5.02. The fourth-order valence-corrected chi connectivity index (χ4v) is 2.03. The topological polar surface area (TPSA) is 41.6 Å². The van der Waals surface area contributed by atoms with Crippen molar-refractivity contribution < 1.29 is 0 Å². The van der Waals surface area contributed by atoms with Gasteiger partial charge in [0.2, 0.25) is 0 Å². The van der Waals surface area contributed by atoms with Crippen LogP contribution in [-0.4, -0.2) is 15.0 Å². The van der Waals surface area contributed by atoms with E-state index < -0.39 is 0 Å². The Morgan fingerprint density at radius 3 is 3.00 bits per heavy atom. The van der Waals surface area contributed by atoms with Crippen LogP contribution in [0.1, 0.15) is 5.56 Å². The van der Waals surface area contributed by atoms with Crippen molar-refractivity contribution in [2.24, 2.45) is 0 Å². The monoisotopic (exact) mass is 217 g/mol. The van der Waals surface area contributed by atoms with Crippen molar-refractivity contribution in [2.45, 2.75) is 6.92 Å². The minimum absolute atomic E-state index is 0.497. The van der Waals surface area contributed by atoms with E-state index in [0.29, 0.717) is 5.15 Å². The number of H-pyrrole nitrogens is 1. The third kappa shape index (κ3) is 1.20. The van der Waals surface area contributed by atoms with Crippen LogP contribution < -0.4 is 0 Å². The maximum absolute atomic E-state index is 6.06. The molecule has 0 aliphatic rings. The van der Waals surface area contributed by atoms with E-state index in [1.54, 1.807) is 0 Å². The highest BCUT2D eigenvalue weighted by atomic mass is 35.5. The molecule has 4 heteroatoms. The van der Waals surface area contributed by atoms with E-state index in [2.05, 4.69) is 34.0 Å². The van der Waals surface area contributed by atoms with Crippen LogP contribution in [0.15, 0.2) is 24.5 Å². The van der Waals surface area contributed by atoms with Gasteiger partial charge in [0.05, 0.1) is 5.39 Å². The van der Waals surface area contributed by atoms with Gasteiger partial charge >= 0.3 is 0 Å². The number of nitrogens with zero attached hydrogens (tertiary/aromatic N) is 2. The summed E-state index contributed by atoms with van der Waals surface area (Å²) < 4.78 is 0. The number of hydrogen-bond donors (Lipinski definition) is 1. The largest absolute Gasteiger partial charge is 0.339 e. The summed E-state index contributed by atoms with van der Waals surface area (Å²) in [7, 11) is 0. The molecule has 74 valence electrons. The van der Waals surface area contributed by atoms with Crippen molar-refractivity contribution in [2.75, 3.05) is 0 Å². The molecule has 3 nitrogen and oxygen atoms in total. The molecule has 0 spiro atoms. The molecule has 2 aromatic heterocycles. The van der Waals surface area contributed by atoms with Crippen LogP contribution in [0.3, 0.4) is 0 Å². The van der Waals surface area contributed by atoms with Crippen LogP contribution >= 0.6 is 11.6 Å². The lowest BCUT2D eigenvalue weighted by Crippen LogP contribution is -1.80. The SMILES string of the molecule is Cc1ccc2[nH]c3ncnc(Cl)c3c2c1. The zero-order chi connectivity index (χ0) is 10.4. The van der Waals surface area contributed by atoms with Gasteiger partial charge in [0.1, 0.15) is 17.1 Å². The summed E-state index contributed by atoms with van der Waals surface area (Å²) in [5.41, 5.74) is 3.02. The fourth-order valence-electron chi connectivity index (χ4n) is 1.80. The summed E-state index contributed by atoms with van der Waals surface area (Å²) in [6.07, 6.45) is 1.47. The number of rotatable bonds is 0. The van der Waals surface area contributed by atoms with E-state index in [4.69, 9.17) is 11.6 Å². The molecule has 1 aromatic carbocycles. The van der Waals surface area contributed by atoms with E-state index in [1.165, 1.54) is 11.9 Å². The maximum atomic E-state index is 6.06. The molecule has 0 atom stereocenters. The number of aromatic amines is 1. The number of benzene rings is 1. The Balaban J connectivity index is 2.61. The molecule has 3 rings (SSSR count). The van der Waals surface area contributed by atoms with Crippen LogP contribution in [-0.2, 0) is 0 Å². The summed E-state index contributed by atoms with van der Waals surface area (Å²) in [4.78, 5) is 11.4. The third-order valence-corrected chi connectivity index (χ3v) is 2.79. The highest BCUT2D eigenvalue weighted by Gasteiger charge is 2.08. The molecular formula is C11H8ClN3. The lowest BCUT2D eigenvalue weighted by molar-refractivity contribution is 1.21. The zero-order valence-corrected chi connectivity index (χ0v) is 8.84. The van der Waals surface area contributed by atoms with Gasteiger partial charge in [-0.3, -0.25) is 0 Å². The lowest BCUT2D eigenvalue weighted by atomic mass is 10.1. The number of hydrogen-bond acceptors (Lipinski definition) is 2. The van der Waals surface area contributed by atoms with Crippen molar-refractivity contribution in [3.8, 4) is 0 Å². The highest BCUT2D eigenvalue weighted by Crippen LogP contribution is 2.28. The predicted octanol–water partition coefficient (Wildman–Crippen LogP) is 3.07. The van der Waals surface area contributed by atoms with Gasteiger partial charge in [0.25, 0.3) is 0 Å². The number of aryl methyl sites for hydroxylation is 1. The van der Waals surface area contributed by atoms with E-state index in [-0.39, 0.29) is 0 Å². The second kappa shape index (κ2) is 2.94. The molecule has 3 aromatic rings. The van der Waals surface area contributed by atoms with Crippen LogP contribution in [0.4, 0.5) is 0 Å². The van der Waals surface area contributed by atoms with Gasteiger partial charge in [-0.2, -0.15) is 0 Å². The van der Waals surface area contributed by atoms with E-state index in [1.807, 2.05) is 6.07 Å². The molecule has 0 saturated heterocycles. The van der Waals surface area contributed by atoms with Crippen LogP contribution in [0, 0.1) is 6.92 Å². The summed E-state index contributed by atoms with van der Waals surface area (Å²) in [5, 5.41) is 2.48. The summed E-state index contributed by atoms with van der Waals surface area (Å²) in [5.74, 6) is 0. The van der Waals surface area contributed by atoms with Gasteiger partial charge in [-0.25, -0.2) is 9.97 Å². The Labute approximate surface area is 91.1 Å². The van der Waals surface area contributed by atoms with Gasteiger partial charge < -0.3 is 4.98 Å². The molecule has 1 N–H and O–H groups in total. The van der Waals surface area contributed by atoms with Gasteiger partial charge in [-0.15, -0.1) is 0 Å². The van der Waals surface area contributed by atoms with Gasteiger partial charge in [0.15, 0.2) is 0 Å². The van der Waals surface area contributed by atoms with E-state index in [0.717, 1.165) is 21.9 Å². The number of fused-ring (bicyclic) bond motifs is 3. The molecule has 0 radical (unpaired) electrons. The normalized spacial score (nSPS) is 11.3. The quantitative estimate of drug-likeness (QED) is 0.588. The molecule has 0 aliphatic carbocycles. The Kier molecular flexibility index (Phi) is 1.70. The van der Waals surface area contributed by atoms with Gasteiger partial charge in [-0.05, 0) is 19.1 Å². The Bertz CT molecular complexity index is 657. The first kappa shape index (κ1) is 8.68. The molecule has 0 unspecified atom stereocenters. The molecule has 0 saturated carbocycles. The smallest absolute Gasteiger partial charge is 0.143 e. The van der Waals surface area contributed by atoms with Gasteiger partial charge in [-0.1, -0.05) is 23.2 Å². The van der Waals surface area contributed by atoms with E-state index >= 15 is 0 Å². The predicted molar refractivity (Wildman–Crippen MR) is 61.1 cm³/mol. The average Bonchev–Trinajstić information content (AvgIpc) is 2.57. The number of nitrogens with one attached hydrogen (secondary N) is 1. The summed E-state index contributed by atoms with van der Waals surface area (Å²) in [6, 6.07) is 6.17. The molecule has 2 heterocycles. The van der Waals surface area contributed by atoms with E-state index in [9.17, 15) is 0 Å². The summed E-state index contributed by atoms with van der Waals surface area (Å²) >= 11 is 6.06. The Morgan fingerprint density at radius 2 is 2.13 bits per heavy atom. The first-order chi connectivity index (χ1) is 7.25. The Morgan fingerprint density at radius 1 is 1.27 bits per heavy atom. The minimum Gasteiger partial charge on any atom is -0.339 e. The van der Waals surface area contributed by atoms with Crippen LogP contribution in [0.5, 0.6) is 0 Å². The zero-order valence-electron chi connectivity index (χ0n) is 8.08. The first-order valence-electron chi connectivity index (χ1n) is 4.64. The molecular weight excluding hydrogens is 210 g/mol. The minimum atomic E-state index is 0.497. The summed E-state index contributed by atoms with van der Waals surface area (Å²) in [6.45, 7) is 2.05. The molecule has 0 aliphatic heterocycles. The fraction of sp³-hybridized carbons (Fsp3) is 0.0909. The molecule has 0 bridgehead atoms. The van der Waals surface area contributed by atoms with Crippen molar-refractivity contribution in [3.05, 3.63) is 35.2 Å². The maximum Gasteiger partial charge on any atom is 0.143 e. The van der Waals surface area contributed by atoms with Crippen LogP contribution in [0.2, 0.25) is 5.15 Å². The van der Waals surface area contributed by atoms with Crippen molar-refractivity contribution in [3.63, 3.8) is 0 Å². The van der Waals surface area contributed by atoms with Crippen molar-refractivity contribution >= 4 is 33.5 Å². The third-order valence-electron chi connectivity index (χ3n) is 2.50. The standard InChI is InChI=1S/C11H8ClN3/c1-6-2-3-8-7(4-6)9-10(12)13-5-14-11(9)15-8/h2-5H,1H3,(H,13,14,15). The second-order valence-corrected chi connectivity index (χ2v) is 3.92. The molecule has 15 heavy (non-hydrogen) atoms. The number of halogens is 1. The number of aromatic nitrogens is 3. The van der Waals surface area contributed by atoms with Gasteiger partial charge in [0, 0.05) is 10.9 Å². The van der Waals surface area contributed by atoms with Crippen LogP contribution in [0.25, 0.3) is 21.9 Å². The highest BCUT2D eigenvalue weighted by molar-refractivity contribution is 6.36. The average molecular weight is 218 g/mol. The Hall–Kier alpha value is -1.61. The van der Waals surface area contributed by atoms with Crippen molar-refractivity contribution in [1.29, 1.82) is 0 Å². The lowest BCUT2D eigenvalue weighted by Gasteiger charge is -1.94. The molecule has 0 amide bonds. The molecule has 0 fully saturated rings. The second-order valence-electron chi connectivity index (χ2n) is 3.56.